The molecule has 1 amide bonds. The lowest BCUT2D eigenvalue weighted by molar-refractivity contribution is 0.112. The van der Waals surface area contributed by atoms with Crippen LogP contribution in [0.25, 0.3) is 0 Å². The van der Waals surface area contributed by atoms with Crippen LogP contribution in [0.15, 0.2) is 24.3 Å². The Hall–Kier alpha value is -1.84. The summed E-state index contributed by atoms with van der Waals surface area (Å²) in [6, 6.07) is 6.52. The molecule has 1 fully saturated rings. The van der Waals surface area contributed by atoms with E-state index < -0.39 is 0 Å². The Bertz CT molecular complexity index is 394. The van der Waals surface area contributed by atoms with Gasteiger partial charge in [0.15, 0.2) is 0 Å². The minimum Gasteiger partial charge on any atom is -0.410 e. The number of carbonyl (C=O) groups excluding carboxylic acids is 2. The van der Waals surface area contributed by atoms with Gasteiger partial charge in [-0.05, 0) is 43.5 Å². The first-order chi connectivity index (χ1) is 8.29. The first-order valence-corrected chi connectivity index (χ1v) is 5.81. The van der Waals surface area contributed by atoms with Crippen LogP contribution < -0.4 is 4.74 Å². The van der Waals surface area contributed by atoms with Gasteiger partial charge in [0.2, 0.25) is 0 Å². The monoisotopic (exact) mass is 233 g/mol. The van der Waals surface area contributed by atoms with Crippen molar-refractivity contribution >= 4 is 12.4 Å². The molecule has 0 aromatic heterocycles. The summed E-state index contributed by atoms with van der Waals surface area (Å²) in [5.41, 5.74) is 0.572. The number of ether oxygens (including phenoxy) is 1. The molecule has 1 aromatic rings. The van der Waals surface area contributed by atoms with Crippen LogP contribution in [0.2, 0.25) is 0 Å². The highest BCUT2D eigenvalue weighted by Gasteiger charge is 2.18. The Morgan fingerprint density at radius 3 is 2.35 bits per heavy atom. The van der Waals surface area contributed by atoms with Crippen LogP contribution in [0, 0.1) is 0 Å². The van der Waals surface area contributed by atoms with Crippen molar-refractivity contribution in [1.29, 1.82) is 0 Å². The van der Waals surface area contributed by atoms with E-state index in [1.165, 1.54) is 6.42 Å². The van der Waals surface area contributed by atoms with E-state index in [2.05, 4.69) is 0 Å². The zero-order chi connectivity index (χ0) is 12.1. The minimum absolute atomic E-state index is 0.302. The number of hydrogen-bond acceptors (Lipinski definition) is 3. The summed E-state index contributed by atoms with van der Waals surface area (Å²) in [5.74, 6) is 0.478. The molecule has 0 spiro atoms. The minimum atomic E-state index is -0.302. The number of benzene rings is 1. The second kappa shape index (κ2) is 5.48. The molecule has 1 aliphatic rings. The van der Waals surface area contributed by atoms with Gasteiger partial charge in [-0.3, -0.25) is 4.79 Å². The maximum absolute atomic E-state index is 11.8. The third-order valence-corrected chi connectivity index (χ3v) is 2.84. The fourth-order valence-electron chi connectivity index (χ4n) is 1.86. The predicted octanol–water partition coefficient (Wildman–Crippen LogP) is 2.48. The van der Waals surface area contributed by atoms with E-state index in [0.717, 1.165) is 32.2 Å². The molecule has 2 rings (SSSR count). The van der Waals surface area contributed by atoms with E-state index in [4.69, 9.17) is 4.74 Å². The van der Waals surface area contributed by atoms with E-state index in [9.17, 15) is 9.59 Å². The van der Waals surface area contributed by atoms with Gasteiger partial charge in [0.1, 0.15) is 12.0 Å². The van der Waals surface area contributed by atoms with E-state index >= 15 is 0 Å². The molecule has 1 saturated heterocycles. The Morgan fingerprint density at radius 2 is 1.76 bits per heavy atom. The number of rotatable bonds is 2. The Morgan fingerprint density at radius 1 is 1.12 bits per heavy atom. The van der Waals surface area contributed by atoms with Crippen molar-refractivity contribution in [3.63, 3.8) is 0 Å². The Kier molecular flexibility index (Phi) is 3.75. The number of likely N-dealkylation sites (tertiary alicyclic amines) is 1. The van der Waals surface area contributed by atoms with E-state index in [-0.39, 0.29) is 6.09 Å². The molecule has 0 atom stereocenters. The second-order valence-electron chi connectivity index (χ2n) is 4.10. The van der Waals surface area contributed by atoms with Gasteiger partial charge < -0.3 is 9.64 Å². The summed E-state index contributed by atoms with van der Waals surface area (Å²) in [4.78, 5) is 23.9. The molecule has 0 saturated carbocycles. The quantitative estimate of drug-likeness (QED) is 0.737. The van der Waals surface area contributed by atoms with Gasteiger partial charge in [-0.25, -0.2) is 4.79 Å². The molecule has 0 N–H and O–H groups in total. The van der Waals surface area contributed by atoms with Crippen LogP contribution in [0.1, 0.15) is 29.6 Å². The van der Waals surface area contributed by atoms with Gasteiger partial charge in [0.05, 0.1) is 0 Å². The van der Waals surface area contributed by atoms with Crippen molar-refractivity contribution in [3.8, 4) is 5.75 Å². The van der Waals surface area contributed by atoms with Crippen molar-refractivity contribution in [1.82, 2.24) is 4.90 Å². The fourth-order valence-corrected chi connectivity index (χ4v) is 1.86. The maximum Gasteiger partial charge on any atom is 0.415 e. The average molecular weight is 233 g/mol. The molecule has 0 bridgehead atoms. The highest BCUT2D eigenvalue weighted by molar-refractivity contribution is 5.75. The van der Waals surface area contributed by atoms with Crippen molar-refractivity contribution in [3.05, 3.63) is 29.8 Å². The van der Waals surface area contributed by atoms with Crippen LogP contribution >= 0.6 is 0 Å². The lowest BCUT2D eigenvalue weighted by Gasteiger charge is -2.25. The molecular formula is C13H15NO3. The Labute approximate surface area is 100 Å². The van der Waals surface area contributed by atoms with Gasteiger partial charge in [-0.1, -0.05) is 0 Å². The third-order valence-electron chi connectivity index (χ3n) is 2.84. The fraction of sp³-hybridized carbons (Fsp3) is 0.385. The number of carbonyl (C=O) groups is 2. The van der Waals surface area contributed by atoms with Crippen LogP contribution in [-0.2, 0) is 0 Å². The molecule has 0 unspecified atom stereocenters. The zero-order valence-corrected chi connectivity index (χ0v) is 9.59. The number of aldehydes is 1. The molecule has 17 heavy (non-hydrogen) atoms. The smallest absolute Gasteiger partial charge is 0.410 e. The van der Waals surface area contributed by atoms with Crippen molar-refractivity contribution in [2.75, 3.05) is 13.1 Å². The molecule has 1 aliphatic heterocycles. The maximum atomic E-state index is 11.8. The molecule has 90 valence electrons. The van der Waals surface area contributed by atoms with Crippen molar-refractivity contribution in [2.45, 2.75) is 19.3 Å². The number of nitrogens with zero attached hydrogens (tertiary/aromatic N) is 1. The van der Waals surface area contributed by atoms with Gasteiger partial charge in [0.25, 0.3) is 0 Å². The topological polar surface area (TPSA) is 46.6 Å². The van der Waals surface area contributed by atoms with Gasteiger partial charge in [-0.15, -0.1) is 0 Å². The summed E-state index contributed by atoms with van der Waals surface area (Å²) in [5, 5.41) is 0. The third kappa shape index (κ3) is 3.06. The SMILES string of the molecule is O=Cc1ccc(OC(=O)N2CCCCC2)cc1. The van der Waals surface area contributed by atoms with E-state index in [1.807, 2.05) is 0 Å². The molecule has 0 radical (unpaired) electrons. The van der Waals surface area contributed by atoms with E-state index in [0.29, 0.717) is 11.3 Å². The Balaban J connectivity index is 1.94. The van der Waals surface area contributed by atoms with Gasteiger partial charge in [-0.2, -0.15) is 0 Å². The second-order valence-corrected chi connectivity index (χ2v) is 4.10. The standard InChI is InChI=1S/C13H15NO3/c15-10-11-4-6-12(7-5-11)17-13(16)14-8-2-1-3-9-14/h4-7,10H,1-3,8-9H2. The van der Waals surface area contributed by atoms with Crippen molar-refractivity contribution in [2.24, 2.45) is 0 Å². The first kappa shape index (κ1) is 11.6. The molecule has 1 aromatic carbocycles. The van der Waals surface area contributed by atoms with E-state index in [1.54, 1.807) is 29.2 Å². The summed E-state index contributed by atoms with van der Waals surface area (Å²) in [6.45, 7) is 1.54. The normalized spacial score (nSPS) is 15.4. The van der Waals surface area contributed by atoms with Crippen LogP contribution in [-0.4, -0.2) is 30.4 Å². The predicted molar refractivity (Wildman–Crippen MR) is 63.3 cm³/mol. The van der Waals surface area contributed by atoms with Crippen LogP contribution in [0.4, 0.5) is 4.79 Å². The van der Waals surface area contributed by atoms with Gasteiger partial charge in [0, 0.05) is 18.7 Å². The molecular weight excluding hydrogens is 218 g/mol. The van der Waals surface area contributed by atoms with Crippen LogP contribution in [0.5, 0.6) is 5.75 Å². The number of piperidine rings is 1. The summed E-state index contributed by atoms with van der Waals surface area (Å²) in [6.07, 6.45) is 3.72. The number of hydrogen-bond donors (Lipinski definition) is 0. The summed E-state index contributed by atoms with van der Waals surface area (Å²) >= 11 is 0. The lowest BCUT2D eigenvalue weighted by atomic mass is 10.1. The number of amides is 1. The highest BCUT2D eigenvalue weighted by Crippen LogP contribution is 2.15. The summed E-state index contributed by atoms with van der Waals surface area (Å²) in [7, 11) is 0. The largest absolute Gasteiger partial charge is 0.415 e. The first-order valence-electron chi connectivity index (χ1n) is 5.81. The molecule has 4 nitrogen and oxygen atoms in total. The van der Waals surface area contributed by atoms with Gasteiger partial charge >= 0.3 is 6.09 Å². The highest BCUT2D eigenvalue weighted by atomic mass is 16.6. The average Bonchev–Trinajstić information content (AvgIpc) is 2.40. The summed E-state index contributed by atoms with van der Waals surface area (Å²) < 4.78 is 5.22. The molecule has 4 heteroatoms. The molecule has 0 aliphatic carbocycles. The van der Waals surface area contributed by atoms with Crippen LogP contribution in [0.3, 0.4) is 0 Å². The zero-order valence-electron chi connectivity index (χ0n) is 9.59. The molecule has 1 heterocycles. The van der Waals surface area contributed by atoms with Crippen molar-refractivity contribution < 1.29 is 14.3 Å². The lowest BCUT2D eigenvalue weighted by Crippen LogP contribution is -2.37.